The second-order valence-corrected chi connectivity index (χ2v) is 3.97. The minimum absolute atomic E-state index is 0.180. The van der Waals surface area contributed by atoms with Crippen molar-refractivity contribution in [2.24, 2.45) is 0 Å². The third-order valence-electron chi connectivity index (χ3n) is 2.77. The molecule has 96 valence electrons. The van der Waals surface area contributed by atoms with Crippen LogP contribution in [0.1, 0.15) is 15.9 Å². The molecule has 1 aliphatic heterocycles. The van der Waals surface area contributed by atoms with Gasteiger partial charge in [-0.3, -0.25) is 4.79 Å². The standard InChI is InChI=1S/C12H10F3NO2/c1-7-8-4-2-3-5-9(8)11(18)16(7)6-10(17)12(13,14)15/h2-5,10,17H,1,6H2. The van der Waals surface area contributed by atoms with E-state index in [1.165, 1.54) is 6.07 Å². The highest BCUT2D eigenvalue weighted by molar-refractivity contribution is 6.08. The lowest BCUT2D eigenvalue weighted by Crippen LogP contribution is -2.40. The summed E-state index contributed by atoms with van der Waals surface area (Å²) in [7, 11) is 0. The number of nitrogens with zero attached hydrogens (tertiary/aromatic N) is 1. The summed E-state index contributed by atoms with van der Waals surface area (Å²) in [6, 6.07) is 6.41. The SMILES string of the molecule is C=C1c2ccccc2C(=O)N1CC(O)C(F)(F)F. The summed E-state index contributed by atoms with van der Waals surface area (Å²) in [6.45, 7) is 2.75. The Labute approximate surface area is 101 Å². The zero-order valence-electron chi connectivity index (χ0n) is 9.24. The molecule has 0 fully saturated rings. The molecule has 1 N–H and O–H groups in total. The third kappa shape index (κ3) is 1.99. The maximum Gasteiger partial charge on any atom is 0.416 e. The summed E-state index contributed by atoms with van der Waals surface area (Å²) in [4.78, 5) is 12.7. The molecule has 0 aliphatic carbocycles. The first-order chi connectivity index (χ1) is 8.32. The number of fused-ring (bicyclic) bond motifs is 1. The smallest absolute Gasteiger partial charge is 0.382 e. The van der Waals surface area contributed by atoms with Crippen LogP contribution < -0.4 is 0 Å². The number of aliphatic hydroxyl groups is 1. The fourth-order valence-corrected chi connectivity index (χ4v) is 1.80. The molecule has 1 aliphatic rings. The van der Waals surface area contributed by atoms with Crippen molar-refractivity contribution in [1.82, 2.24) is 4.90 Å². The monoisotopic (exact) mass is 257 g/mol. The molecule has 6 heteroatoms. The highest BCUT2D eigenvalue weighted by atomic mass is 19.4. The highest BCUT2D eigenvalue weighted by Crippen LogP contribution is 2.32. The number of benzene rings is 1. The van der Waals surface area contributed by atoms with Gasteiger partial charge < -0.3 is 10.0 Å². The Kier molecular flexibility index (Phi) is 2.90. The van der Waals surface area contributed by atoms with Gasteiger partial charge in [0.1, 0.15) is 0 Å². The lowest BCUT2D eigenvalue weighted by Gasteiger charge is -2.22. The molecule has 0 aromatic heterocycles. The topological polar surface area (TPSA) is 40.5 Å². The van der Waals surface area contributed by atoms with Crippen molar-refractivity contribution < 1.29 is 23.1 Å². The van der Waals surface area contributed by atoms with Crippen LogP contribution in [0.4, 0.5) is 13.2 Å². The average Bonchev–Trinajstić information content (AvgIpc) is 2.54. The van der Waals surface area contributed by atoms with Gasteiger partial charge in [-0.25, -0.2) is 0 Å². The van der Waals surface area contributed by atoms with Crippen LogP contribution in [0.25, 0.3) is 5.70 Å². The van der Waals surface area contributed by atoms with Crippen molar-refractivity contribution in [3.05, 3.63) is 42.0 Å². The molecule has 1 atom stereocenters. The minimum Gasteiger partial charge on any atom is -0.382 e. The summed E-state index contributed by atoms with van der Waals surface area (Å²) >= 11 is 0. The molecule has 0 saturated heterocycles. The Bertz CT molecular complexity index is 475. The summed E-state index contributed by atoms with van der Waals surface area (Å²) in [5, 5.41) is 9.00. The second-order valence-electron chi connectivity index (χ2n) is 3.97. The van der Waals surface area contributed by atoms with Crippen LogP contribution in [0, 0.1) is 0 Å². The molecule has 2 rings (SSSR count). The summed E-state index contributed by atoms with van der Waals surface area (Å²) < 4.78 is 36.8. The lowest BCUT2D eigenvalue weighted by atomic mass is 10.1. The number of aliphatic hydroxyl groups excluding tert-OH is 1. The Balaban J connectivity index is 2.24. The van der Waals surface area contributed by atoms with Crippen LogP contribution >= 0.6 is 0 Å². The van der Waals surface area contributed by atoms with Gasteiger partial charge in [0.05, 0.1) is 6.54 Å². The molecule has 1 aromatic rings. The second kappa shape index (κ2) is 4.13. The van der Waals surface area contributed by atoms with Crippen LogP contribution in [0.15, 0.2) is 30.8 Å². The molecule has 1 amide bonds. The lowest BCUT2D eigenvalue weighted by molar-refractivity contribution is -0.204. The number of rotatable bonds is 2. The van der Waals surface area contributed by atoms with Gasteiger partial charge >= 0.3 is 6.18 Å². The molecule has 0 saturated carbocycles. The van der Waals surface area contributed by atoms with Gasteiger partial charge in [0, 0.05) is 16.8 Å². The summed E-state index contributed by atoms with van der Waals surface area (Å²) in [5.41, 5.74) is 0.979. The van der Waals surface area contributed by atoms with Crippen LogP contribution in [-0.2, 0) is 0 Å². The molecule has 0 bridgehead atoms. The van der Waals surface area contributed by atoms with Crippen molar-refractivity contribution in [2.45, 2.75) is 12.3 Å². The van der Waals surface area contributed by atoms with E-state index in [1.54, 1.807) is 18.2 Å². The number of hydrogen-bond acceptors (Lipinski definition) is 2. The highest BCUT2D eigenvalue weighted by Gasteiger charge is 2.42. The van der Waals surface area contributed by atoms with E-state index in [9.17, 15) is 18.0 Å². The zero-order valence-corrected chi connectivity index (χ0v) is 9.24. The Hall–Kier alpha value is -1.82. The van der Waals surface area contributed by atoms with Crippen LogP contribution in [0.3, 0.4) is 0 Å². The van der Waals surface area contributed by atoms with Crippen LogP contribution in [0.5, 0.6) is 0 Å². The molecule has 18 heavy (non-hydrogen) atoms. The van der Waals surface area contributed by atoms with Gasteiger partial charge in [-0.05, 0) is 6.07 Å². The maximum atomic E-state index is 12.3. The van der Waals surface area contributed by atoms with Gasteiger partial charge in [-0.15, -0.1) is 0 Å². The van der Waals surface area contributed by atoms with E-state index in [1.807, 2.05) is 0 Å². The molecule has 0 spiro atoms. The van der Waals surface area contributed by atoms with Gasteiger partial charge in [0.15, 0.2) is 6.10 Å². The number of halogens is 3. The quantitative estimate of drug-likeness (QED) is 0.880. The van der Waals surface area contributed by atoms with Gasteiger partial charge in [0.2, 0.25) is 0 Å². The summed E-state index contributed by atoms with van der Waals surface area (Å²) in [6.07, 6.45) is -7.33. The molecule has 0 radical (unpaired) electrons. The van der Waals surface area contributed by atoms with E-state index < -0.39 is 24.7 Å². The summed E-state index contributed by atoms with van der Waals surface area (Å²) in [5.74, 6) is -0.570. The van der Waals surface area contributed by atoms with E-state index in [0.29, 0.717) is 11.1 Å². The van der Waals surface area contributed by atoms with E-state index in [4.69, 9.17) is 5.11 Å². The minimum atomic E-state index is -4.75. The Morgan fingerprint density at radius 2 is 1.83 bits per heavy atom. The van der Waals surface area contributed by atoms with Gasteiger partial charge in [0.25, 0.3) is 5.91 Å². The van der Waals surface area contributed by atoms with E-state index >= 15 is 0 Å². The average molecular weight is 257 g/mol. The van der Waals surface area contributed by atoms with Gasteiger partial charge in [-0.1, -0.05) is 24.8 Å². The van der Waals surface area contributed by atoms with Crippen molar-refractivity contribution in [2.75, 3.05) is 6.54 Å². The van der Waals surface area contributed by atoms with E-state index in [0.717, 1.165) is 4.90 Å². The van der Waals surface area contributed by atoms with Crippen LogP contribution in [-0.4, -0.2) is 34.7 Å². The number of carbonyl (C=O) groups is 1. The molecule has 1 heterocycles. The molecular weight excluding hydrogens is 247 g/mol. The molecule has 3 nitrogen and oxygen atoms in total. The number of hydrogen-bond donors (Lipinski definition) is 1. The number of alkyl halides is 3. The molecular formula is C12H10F3NO2. The zero-order chi connectivity index (χ0) is 13.5. The van der Waals surface area contributed by atoms with Gasteiger partial charge in [-0.2, -0.15) is 13.2 Å². The molecule has 1 aromatic carbocycles. The van der Waals surface area contributed by atoms with E-state index in [-0.39, 0.29) is 5.70 Å². The van der Waals surface area contributed by atoms with E-state index in [2.05, 4.69) is 6.58 Å². The Morgan fingerprint density at radius 1 is 1.28 bits per heavy atom. The first-order valence-electron chi connectivity index (χ1n) is 5.17. The predicted molar refractivity (Wildman–Crippen MR) is 58.6 cm³/mol. The number of amides is 1. The normalized spacial score (nSPS) is 17.0. The Morgan fingerprint density at radius 3 is 2.33 bits per heavy atom. The first-order valence-corrected chi connectivity index (χ1v) is 5.17. The number of carbonyl (C=O) groups excluding carboxylic acids is 1. The maximum absolute atomic E-state index is 12.3. The van der Waals surface area contributed by atoms with Crippen molar-refractivity contribution >= 4 is 11.6 Å². The molecule has 1 unspecified atom stereocenters. The van der Waals surface area contributed by atoms with Crippen molar-refractivity contribution in [3.63, 3.8) is 0 Å². The third-order valence-corrected chi connectivity index (χ3v) is 2.77. The van der Waals surface area contributed by atoms with Crippen molar-refractivity contribution in [3.8, 4) is 0 Å². The fourth-order valence-electron chi connectivity index (χ4n) is 1.80. The van der Waals surface area contributed by atoms with Crippen LogP contribution in [0.2, 0.25) is 0 Å². The largest absolute Gasteiger partial charge is 0.416 e. The fraction of sp³-hybridized carbons (Fsp3) is 0.250. The predicted octanol–water partition coefficient (Wildman–Crippen LogP) is 2.04. The first kappa shape index (κ1) is 12.6. The number of β-amino-alcohol motifs (C(OH)–C–C–N with tert-alkyl or cyclic N) is 1. The van der Waals surface area contributed by atoms with Crippen molar-refractivity contribution in [1.29, 1.82) is 0 Å².